The molecule has 0 aromatic heterocycles. The van der Waals surface area contributed by atoms with Gasteiger partial charge in [-0.15, -0.1) is 0 Å². The Bertz CT molecular complexity index is 597. The molecule has 0 saturated heterocycles. The molecule has 21 heavy (non-hydrogen) atoms. The van der Waals surface area contributed by atoms with Crippen molar-refractivity contribution >= 4 is 17.7 Å². The van der Waals surface area contributed by atoms with E-state index in [1.165, 1.54) is 22.3 Å². The van der Waals surface area contributed by atoms with Crippen LogP contribution in [-0.2, 0) is 22.7 Å². The molecule has 0 unspecified atom stereocenters. The third kappa shape index (κ3) is 5.27. The van der Waals surface area contributed by atoms with Crippen LogP contribution in [0, 0.1) is 13.8 Å². The molecule has 0 aliphatic carbocycles. The van der Waals surface area contributed by atoms with Crippen LogP contribution in [0.3, 0.4) is 0 Å². The van der Waals surface area contributed by atoms with Gasteiger partial charge in [0.05, 0.1) is 6.42 Å². The minimum Gasteiger partial charge on any atom is -0.481 e. The van der Waals surface area contributed by atoms with Crippen LogP contribution >= 0.6 is 11.8 Å². The van der Waals surface area contributed by atoms with E-state index in [0.29, 0.717) is 0 Å². The van der Waals surface area contributed by atoms with Gasteiger partial charge in [-0.25, -0.2) is 0 Å². The smallest absolute Gasteiger partial charge is 0.307 e. The van der Waals surface area contributed by atoms with E-state index >= 15 is 0 Å². The minimum atomic E-state index is -0.785. The molecule has 0 fully saturated rings. The van der Waals surface area contributed by atoms with Crippen molar-refractivity contribution in [2.45, 2.75) is 31.8 Å². The number of rotatable bonds is 6. The molecular formula is C18H20O2S. The van der Waals surface area contributed by atoms with Gasteiger partial charge in [-0.1, -0.05) is 53.6 Å². The minimum absolute atomic E-state index is 0.0932. The van der Waals surface area contributed by atoms with Gasteiger partial charge in [0, 0.05) is 11.5 Å². The van der Waals surface area contributed by atoms with E-state index in [1.54, 1.807) is 0 Å². The number of benzene rings is 2. The molecule has 0 aliphatic rings. The average Bonchev–Trinajstić information content (AvgIpc) is 2.39. The van der Waals surface area contributed by atoms with E-state index in [0.717, 1.165) is 17.1 Å². The summed E-state index contributed by atoms with van der Waals surface area (Å²) < 4.78 is 0. The SMILES string of the molecule is Cc1cc(C)cc(CSCc2ccc(CC(=O)O)cc2)c1. The number of carboxylic acid groups (broad SMARTS) is 1. The van der Waals surface area contributed by atoms with E-state index in [9.17, 15) is 4.79 Å². The fraction of sp³-hybridized carbons (Fsp3) is 0.278. The highest BCUT2D eigenvalue weighted by molar-refractivity contribution is 7.97. The van der Waals surface area contributed by atoms with Gasteiger partial charge in [-0.2, -0.15) is 11.8 Å². The van der Waals surface area contributed by atoms with Crippen LogP contribution in [0.2, 0.25) is 0 Å². The van der Waals surface area contributed by atoms with Crippen molar-refractivity contribution in [2.75, 3.05) is 0 Å². The Morgan fingerprint density at radius 3 is 2.00 bits per heavy atom. The Kier molecular flexibility index (Phi) is 5.45. The van der Waals surface area contributed by atoms with Crippen LogP contribution in [-0.4, -0.2) is 11.1 Å². The van der Waals surface area contributed by atoms with E-state index in [1.807, 2.05) is 36.0 Å². The molecule has 2 aromatic rings. The Morgan fingerprint density at radius 2 is 1.43 bits per heavy atom. The van der Waals surface area contributed by atoms with Crippen LogP contribution in [0.4, 0.5) is 0 Å². The average molecular weight is 300 g/mol. The number of carboxylic acids is 1. The first-order valence-electron chi connectivity index (χ1n) is 6.97. The van der Waals surface area contributed by atoms with Crippen molar-refractivity contribution in [1.82, 2.24) is 0 Å². The molecule has 0 amide bonds. The summed E-state index contributed by atoms with van der Waals surface area (Å²) in [6, 6.07) is 14.5. The lowest BCUT2D eigenvalue weighted by Crippen LogP contribution is -1.99. The molecule has 3 heteroatoms. The maximum Gasteiger partial charge on any atom is 0.307 e. The summed E-state index contributed by atoms with van der Waals surface area (Å²) in [5, 5.41) is 8.74. The van der Waals surface area contributed by atoms with Gasteiger partial charge in [-0.3, -0.25) is 4.79 Å². The van der Waals surface area contributed by atoms with Crippen molar-refractivity contribution < 1.29 is 9.90 Å². The third-order valence-corrected chi connectivity index (χ3v) is 4.27. The summed E-state index contributed by atoms with van der Waals surface area (Å²) in [6.07, 6.45) is 0.0932. The zero-order valence-electron chi connectivity index (χ0n) is 12.4. The number of hydrogen-bond donors (Lipinski definition) is 1. The normalized spacial score (nSPS) is 10.6. The highest BCUT2D eigenvalue weighted by atomic mass is 32.2. The number of aliphatic carboxylic acids is 1. The molecule has 0 saturated carbocycles. The molecule has 0 atom stereocenters. The maximum atomic E-state index is 10.6. The van der Waals surface area contributed by atoms with Crippen molar-refractivity contribution in [3.05, 3.63) is 70.3 Å². The summed E-state index contributed by atoms with van der Waals surface area (Å²) in [6.45, 7) is 4.25. The lowest BCUT2D eigenvalue weighted by atomic mass is 10.1. The summed E-state index contributed by atoms with van der Waals surface area (Å²) >= 11 is 1.88. The second kappa shape index (κ2) is 7.32. The number of thioether (sulfide) groups is 1. The van der Waals surface area contributed by atoms with Crippen LogP contribution in [0.5, 0.6) is 0 Å². The lowest BCUT2D eigenvalue weighted by Gasteiger charge is -2.06. The van der Waals surface area contributed by atoms with Crippen LogP contribution in [0.25, 0.3) is 0 Å². The summed E-state index contributed by atoms with van der Waals surface area (Å²) in [5.74, 6) is 1.16. The van der Waals surface area contributed by atoms with Crippen LogP contribution in [0.15, 0.2) is 42.5 Å². The summed E-state index contributed by atoms with van der Waals surface area (Å²) in [7, 11) is 0. The third-order valence-electron chi connectivity index (χ3n) is 3.20. The molecule has 0 bridgehead atoms. The first-order valence-corrected chi connectivity index (χ1v) is 8.13. The van der Waals surface area contributed by atoms with Crippen LogP contribution < -0.4 is 0 Å². The summed E-state index contributed by atoms with van der Waals surface area (Å²) in [5.41, 5.74) is 6.07. The number of hydrogen-bond acceptors (Lipinski definition) is 2. The number of aryl methyl sites for hydroxylation is 2. The Balaban J connectivity index is 1.87. The molecule has 110 valence electrons. The zero-order chi connectivity index (χ0) is 15.2. The molecular weight excluding hydrogens is 280 g/mol. The van der Waals surface area contributed by atoms with Crippen LogP contribution in [0.1, 0.15) is 27.8 Å². The zero-order valence-corrected chi connectivity index (χ0v) is 13.2. The first kappa shape index (κ1) is 15.6. The van der Waals surface area contributed by atoms with Gasteiger partial charge in [0.1, 0.15) is 0 Å². The van der Waals surface area contributed by atoms with Gasteiger partial charge in [-0.05, 0) is 30.5 Å². The topological polar surface area (TPSA) is 37.3 Å². The van der Waals surface area contributed by atoms with Gasteiger partial charge >= 0.3 is 5.97 Å². The van der Waals surface area contributed by atoms with E-state index in [-0.39, 0.29) is 6.42 Å². The van der Waals surface area contributed by atoms with E-state index in [2.05, 4.69) is 32.0 Å². The second-order valence-corrected chi connectivity index (χ2v) is 6.36. The molecule has 0 radical (unpaired) electrons. The van der Waals surface area contributed by atoms with Gasteiger partial charge < -0.3 is 5.11 Å². The van der Waals surface area contributed by atoms with Crippen molar-refractivity contribution in [2.24, 2.45) is 0 Å². The standard InChI is InChI=1S/C18H20O2S/c1-13-7-14(2)9-17(8-13)12-21-11-16-5-3-15(4-6-16)10-18(19)20/h3-9H,10-12H2,1-2H3,(H,19,20). The predicted molar refractivity (Wildman–Crippen MR) is 88.7 cm³/mol. The van der Waals surface area contributed by atoms with Crippen molar-refractivity contribution in [3.8, 4) is 0 Å². The highest BCUT2D eigenvalue weighted by Crippen LogP contribution is 2.20. The first-order chi connectivity index (χ1) is 10.0. The van der Waals surface area contributed by atoms with Crippen molar-refractivity contribution in [3.63, 3.8) is 0 Å². The molecule has 1 N–H and O–H groups in total. The molecule has 0 heterocycles. The fourth-order valence-electron chi connectivity index (χ4n) is 2.37. The fourth-order valence-corrected chi connectivity index (χ4v) is 3.30. The lowest BCUT2D eigenvalue weighted by molar-refractivity contribution is -0.136. The molecule has 2 rings (SSSR count). The molecule has 0 spiro atoms. The van der Waals surface area contributed by atoms with E-state index in [4.69, 9.17) is 5.11 Å². The molecule has 2 aromatic carbocycles. The van der Waals surface area contributed by atoms with Gasteiger partial charge in [0.25, 0.3) is 0 Å². The van der Waals surface area contributed by atoms with Gasteiger partial charge in [0.2, 0.25) is 0 Å². The molecule has 0 aliphatic heterocycles. The Hall–Kier alpha value is -1.74. The Morgan fingerprint density at radius 1 is 0.905 bits per heavy atom. The second-order valence-electron chi connectivity index (χ2n) is 5.38. The monoisotopic (exact) mass is 300 g/mol. The molecule has 2 nitrogen and oxygen atoms in total. The van der Waals surface area contributed by atoms with Crippen molar-refractivity contribution in [1.29, 1.82) is 0 Å². The highest BCUT2D eigenvalue weighted by Gasteiger charge is 2.01. The quantitative estimate of drug-likeness (QED) is 0.861. The maximum absolute atomic E-state index is 10.6. The van der Waals surface area contributed by atoms with Gasteiger partial charge in [0.15, 0.2) is 0 Å². The Labute approximate surface area is 130 Å². The predicted octanol–water partition coefficient (Wildman–Crippen LogP) is 4.36. The summed E-state index contributed by atoms with van der Waals surface area (Å²) in [4.78, 5) is 10.6. The largest absolute Gasteiger partial charge is 0.481 e. The van der Waals surface area contributed by atoms with E-state index < -0.39 is 5.97 Å². The number of carbonyl (C=O) groups is 1.